The van der Waals surface area contributed by atoms with Gasteiger partial charge in [-0.1, -0.05) is 12.1 Å². The Kier molecular flexibility index (Phi) is 8.05. The predicted molar refractivity (Wildman–Crippen MR) is 125 cm³/mol. The van der Waals surface area contributed by atoms with Crippen LogP contribution in [0.25, 0.3) is 0 Å². The summed E-state index contributed by atoms with van der Waals surface area (Å²) in [7, 11) is 0. The maximum atomic E-state index is 12.6. The van der Waals surface area contributed by atoms with Gasteiger partial charge in [-0.2, -0.15) is 0 Å². The number of benzene rings is 1. The molecule has 10 heteroatoms. The molecule has 2 aromatic rings. The zero-order valence-electron chi connectivity index (χ0n) is 18.8. The maximum absolute atomic E-state index is 12.6. The number of amides is 3. The number of thiophene rings is 1. The van der Waals surface area contributed by atoms with Crippen LogP contribution < -0.4 is 16.0 Å². The molecular weight excluding hydrogens is 446 g/mol. The molecule has 1 aliphatic rings. The molecular formula is C23H27N3O6S. The highest BCUT2D eigenvalue weighted by Crippen LogP contribution is 2.39. The van der Waals surface area contributed by atoms with Gasteiger partial charge in [0.25, 0.3) is 5.91 Å². The molecule has 176 valence electrons. The van der Waals surface area contributed by atoms with Crippen molar-refractivity contribution in [3.05, 3.63) is 45.8 Å². The molecule has 0 bridgehead atoms. The van der Waals surface area contributed by atoms with E-state index in [0.717, 1.165) is 29.7 Å². The van der Waals surface area contributed by atoms with Gasteiger partial charge >= 0.3 is 18.0 Å². The zero-order valence-corrected chi connectivity index (χ0v) is 19.6. The van der Waals surface area contributed by atoms with E-state index in [1.54, 1.807) is 25.1 Å². The summed E-state index contributed by atoms with van der Waals surface area (Å²) in [5.41, 5.74) is 1.69. The van der Waals surface area contributed by atoms with Gasteiger partial charge in [-0.3, -0.25) is 4.79 Å². The van der Waals surface area contributed by atoms with E-state index >= 15 is 0 Å². The second-order valence-corrected chi connectivity index (χ2v) is 8.81. The van der Waals surface area contributed by atoms with E-state index in [4.69, 9.17) is 9.47 Å². The topological polar surface area (TPSA) is 123 Å². The van der Waals surface area contributed by atoms with Crippen molar-refractivity contribution in [1.82, 2.24) is 5.32 Å². The summed E-state index contributed by atoms with van der Waals surface area (Å²) in [6.07, 6.45) is 2.58. The van der Waals surface area contributed by atoms with Crippen LogP contribution in [-0.4, -0.2) is 43.1 Å². The first kappa shape index (κ1) is 24.2. The normalized spacial score (nSPS) is 12.1. The highest BCUT2D eigenvalue weighted by molar-refractivity contribution is 7.17. The number of fused-ring (bicyclic) bond motifs is 1. The molecule has 1 aromatic carbocycles. The number of hydrogen-bond acceptors (Lipinski definition) is 7. The van der Waals surface area contributed by atoms with Crippen LogP contribution in [0.15, 0.2) is 24.3 Å². The van der Waals surface area contributed by atoms with Crippen molar-refractivity contribution in [3.63, 3.8) is 0 Å². The fourth-order valence-corrected chi connectivity index (χ4v) is 4.77. The minimum Gasteiger partial charge on any atom is -0.462 e. The highest BCUT2D eigenvalue weighted by atomic mass is 32.1. The number of esters is 2. The number of urea groups is 1. The van der Waals surface area contributed by atoms with Crippen LogP contribution in [0, 0.1) is 0 Å². The van der Waals surface area contributed by atoms with Crippen LogP contribution in [0.5, 0.6) is 0 Å². The first-order valence-electron chi connectivity index (χ1n) is 10.7. The monoisotopic (exact) mass is 473 g/mol. The van der Waals surface area contributed by atoms with Gasteiger partial charge < -0.3 is 25.4 Å². The number of hydrogen-bond donors (Lipinski definition) is 3. The average molecular weight is 474 g/mol. The van der Waals surface area contributed by atoms with E-state index in [9.17, 15) is 19.2 Å². The number of rotatable bonds is 8. The smallest absolute Gasteiger partial charge is 0.341 e. The molecule has 33 heavy (non-hydrogen) atoms. The number of carbonyl (C=O) groups is 4. The maximum Gasteiger partial charge on any atom is 0.341 e. The van der Waals surface area contributed by atoms with E-state index in [2.05, 4.69) is 16.0 Å². The molecule has 0 aliphatic heterocycles. The second-order valence-electron chi connectivity index (χ2n) is 7.70. The minimum absolute atomic E-state index is 0.0778. The second kappa shape index (κ2) is 11.0. The standard InChI is InChI=1S/C23H27N3O6S/c1-4-31-22(29)19-15-9-7-11-17(15)33-20(19)26-18(27)12-32-21(28)14-8-5-6-10-16(14)25-23(30)24-13(2)3/h5-6,8,10,13H,4,7,9,11-12H2,1-3H3,(H,26,27)(H2,24,25,30). The van der Waals surface area contributed by atoms with Crippen molar-refractivity contribution in [2.45, 2.75) is 46.1 Å². The number of anilines is 2. The van der Waals surface area contributed by atoms with E-state index in [0.29, 0.717) is 10.6 Å². The fraction of sp³-hybridized carbons (Fsp3) is 0.391. The number of ether oxygens (including phenoxy) is 2. The first-order valence-corrected chi connectivity index (χ1v) is 11.6. The highest BCUT2D eigenvalue weighted by Gasteiger charge is 2.28. The molecule has 0 saturated carbocycles. The molecule has 0 unspecified atom stereocenters. The molecule has 3 rings (SSSR count). The lowest BCUT2D eigenvalue weighted by Crippen LogP contribution is -2.34. The van der Waals surface area contributed by atoms with Crippen LogP contribution in [0.3, 0.4) is 0 Å². The van der Waals surface area contributed by atoms with Crippen molar-refractivity contribution >= 4 is 45.9 Å². The van der Waals surface area contributed by atoms with E-state index in [1.165, 1.54) is 17.4 Å². The first-order chi connectivity index (χ1) is 15.8. The third-order valence-corrected chi connectivity index (χ3v) is 6.01. The largest absolute Gasteiger partial charge is 0.462 e. The summed E-state index contributed by atoms with van der Waals surface area (Å²) >= 11 is 1.35. The molecule has 1 aromatic heterocycles. The van der Waals surface area contributed by atoms with Gasteiger partial charge in [0.1, 0.15) is 5.00 Å². The van der Waals surface area contributed by atoms with E-state index in [-0.39, 0.29) is 23.9 Å². The van der Waals surface area contributed by atoms with Gasteiger partial charge in [-0.15, -0.1) is 11.3 Å². The van der Waals surface area contributed by atoms with Gasteiger partial charge in [0.15, 0.2) is 6.61 Å². The van der Waals surface area contributed by atoms with Gasteiger partial charge in [0.05, 0.1) is 23.4 Å². The van der Waals surface area contributed by atoms with E-state index < -0.39 is 30.5 Å². The number of carbonyl (C=O) groups excluding carboxylic acids is 4. The summed E-state index contributed by atoms with van der Waals surface area (Å²) in [5, 5.41) is 8.36. The summed E-state index contributed by atoms with van der Waals surface area (Å²) < 4.78 is 10.3. The third-order valence-electron chi connectivity index (χ3n) is 4.80. The molecule has 9 nitrogen and oxygen atoms in total. The number of aryl methyl sites for hydroxylation is 1. The van der Waals surface area contributed by atoms with Crippen LogP contribution in [0.4, 0.5) is 15.5 Å². The van der Waals surface area contributed by atoms with Crippen LogP contribution in [0.2, 0.25) is 0 Å². The molecule has 0 spiro atoms. The molecule has 3 amide bonds. The molecule has 0 saturated heterocycles. The van der Waals surface area contributed by atoms with Gasteiger partial charge in [-0.05, 0) is 57.7 Å². The van der Waals surface area contributed by atoms with E-state index in [1.807, 2.05) is 13.8 Å². The molecule has 1 aliphatic carbocycles. The quantitative estimate of drug-likeness (QED) is 0.502. The van der Waals surface area contributed by atoms with Crippen LogP contribution in [0.1, 0.15) is 58.3 Å². The van der Waals surface area contributed by atoms with Gasteiger partial charge in [-0.25, -0.2) is 14.4 Å². The molecule has 0 atom stereocenters. The predicted octanol–water partition coefficient (Wildman–Crippen LogP) is 3.74. The van der Waals surface area contributed by atoms with Gasteiger partial charge in [0.2, 0.25) is 0 Å². The SMILES string of the molecule is CCOC(=O)c1c(NC(=O)COC(=O)c2ccccc2NC(=O)NC(C)C)sc2c1CCC2. The molecule has 0 fully saturated rings. The Bertz CT molecular complexity index is 1060. The molecule has 1 heterocycles. The Balaban J connectivity index is 1.64. The van der Waals surface area contributed by atoms with Crippen LogP contribution >= 0.6 is 11.3 Å². The van der Waals surface area contributed by atoms with Crippen molar-refractivity contribution in [3.8, 4) is 0 Å². The lowest BCUT2D eigenvalue weighted by molar-refractivity contribution is -0.119. The Morgan fingerprint density at radius 3 is 2.52 bits per heavy atom. The Labute approximate surface area is 195 Å². The van der Waals surface area contributed by atoms with Crippen molar-refractivity contribution < 1.29 is 28.7 Å². The lowest BCUT2D eigenvalue weighted by Gasteiger charge is -2.13. The van der Waals surface area contributed by atoms with Crippen molar-refractivity contribution in [2.24, 2.45) is 0 Å². The number of nitrogens with one attached hydrogen (secondary N) is 3. The summed E-state index contributed by atoms with van der Waals surface area (Å²) in [6.45, 7) is 5.04. The minimum atomic E-state index is -0.759. The number of para-hydroxylation sites is 1. The lowest BCUT2D eigenvalue weighted by atomic mass is 10.1. The summed E-state index contributed by atoms with van der Waals surface area (Å²) in [6, 6.07) is 5.82. The summed E-state index contributed by atoms with van der Waals surface area (Å²) in [4.78, 5) is 50.5. The Morgan fingerprint density at radius 2 is 1.79 bits per heavy atom. The van der Waals surface area contributed by atoms with Crippen molar-refractivity contribution in [1.29, 1.82) is 0 Å². The Hall–Kier alpha value is -3.40. The Morgan fingerprint density at radius 1 is 1.03 bits per heavy atom. The fourth-order valence-electron chi connectivity index (χ4n) is 3.47. The molecule has 0 radical (unpaired) electrons. The zero-order chi connectivity index (χ0) is 24.0. The average Bonchev–Trinajstić information content (AvgIpc) is 3.32. The van der Waals surface area contributed by atoms with Crippen LogP contribution in [-0.2, 0) is 27.1 Å². The third kappa shape index (κ3) is 6.10. The molecule has 3 N–H and O–H groups in total. The van der Waals surface area contributed by atoms with Crippen molar-refractivity contribution in [2.75, 3.05) is 23.8 Å². The summed E-state index contributed by atoms with van der Waals surface area (Å²) in [5.74, 6) is -1.80. The van der Waals surface area contributed by atoms with Gasteiger partial charge in [0, 0.05) is 10.9 Å².